The summed E-state index contributed by atoms with van der Waals surface area (Å²) in [7, 11) is 0. The number of amides is 1. The summed E-state index contributed by atoms with van der Waals surface area (Å²) in [6, 6.07) is 26.6. The van der Waals surface area contributed by atoms with Crippen molar-refractivity contribution >= 4 is 16.7 Å². The number of para-hydroxylation sites is 1. The van der Waals surface area contributed by atoms with Crippen molar-refractivity contribution in [2.75, 3.05) is 0 Å². The van der Waals surface area contributed by atoms with E-state index in [0.717, 1.165) is 11.3 Å². The van der Waals surface area contributed by atoms with Crippen LogP contribution in [0.5, 0.6) is 0 Å². The number of hydrogen-bond donors (Lipinski definition) is 1. The van der Waals surface area contributed by atoms with Crippen molar-refractivity contribution in [3.05, 3.63) is 112 Å². The van der Waals surface area contributed by atoms with E-state index in [1.165, 1.54) is 0 Å². The minimum atomic E-state index is -0.174. The molecule has 1 aromatic heterocycles. The largest absolute Gasteiger partial charge is 0.348 e. The number of pyridine rings is 1. The highest BCUT2D eigenvalue weighted by molar-refractivity contribution is 6.08. The van der Waals surface area contributed by atoms with Gasteiger partial charge in [-0.25, -0.2) is 0 Å². The second kappa shape index (κ2) is 10.4. The zero-order valence-corrected chi connectivity index (χ0v) is 18.3. The van der Waals surface area contributed by atoms with Crippen LogP contribution in [0.3, 0.4) is 0 Å². The minimum absolute atomic E-state index is 0.108. The quantitative estimate of drug-likeness (QED) is 0.470. The Morgan fingerprint density at radius 1 is 0.806 bits per heavy atom. The van der Waals surface area contributed by atoms with Crippen LogP contribution >= 0.6 is 0 Å². The predicted octanol–water partition coefficient (Wildman–Crippen LogP) is 5.51. The Morgan fingerprint density at radius 2 is 1.35 bits per heavy atom. The Hall–Kier alpha value is -3.66. The van der Waals surface area contributed by atoms with Crippen LogP contribution in [0.25, 0.3) is 16.5 Å². The molecule has 3 aromatic carbocycles. The fourth-order valence-corrected chi connectivity index (χ4v) is 3.70. The van der Waals surface area contributed by atoms with Gasteiger partial charge in [0.2, 0.25) is 0 Å². The fraction of sp³-hybridized carbons (Fsp3) is 0.185. The van der Waals surface area contributed by atoms with Crippen LogP contribution in [0.4, 0.5) is 0 Å². The summed E-state index contributed by atoms with van der Waals surface area (Å²) in [6.07, 6.45) is 0.559. The molecule has 4 heteroatoms. The third-order valence-electron chi connectivity index (χ3n) is 5.06. The van der Waals surface area contributed by atoms with E-state index in [-0.39, 0.29) is 11.5 Å². The lowest BCUT2D eigenvalue weighted by Gasteiger charge is -2.19. The lowest BCUT2D eigenvalue weighted by molar-refractivity contribution is 0.0951. The van der Waals surface area contributed by atoms with Crippen molar-refractivity contribution in [3.63, 3.8) is 0 Å². The normalized spacial score (nSPS) is 10.3. The summed E-state index contributed by atoms with van der Waals surface area (Å²) < 4.78 is 1.67. The van der Waals surface area contributed by atoms with E-state index in [2.05, 4.69) is 5.32 Å². The maximum absolute atomic E-state index is 13.3. The number of nitrogens with one attached hydrogen (secondary N) is 1. The molecule has 0 aliphatic heterocycles. The second-order valence-electron chi connectivity index (χ2n) is 6.87. The predicted molar refractivity (Wildman–Crippen MR) is 128 cm³/mol. The van der Waals surface area contributed by atoms with Crippen LogP contribution in [0.15, 0.2) is 89.7 Å². The van der Waals surface area contributed by atoms with E-state index in [1.807, 2.05) is 99.6 Å². The molecular formula is C27H28N2O2. The van der Waals surface area contributed by atoms with Gasteiger partial charge in [0.05, 0.1) is 5.56 Å². The van der Waals surface area contributed by atoms with Crippen LogP contribution in [0.2, 0.25) is 0 Å². The summed E-state index contributed by atoms with van der Waals surface area (Å²) in [5, 5.41) is 4.25. The molecule has 0 fully saturated rings. The van der Waals surface area contributed by atoms with Crippen LogP contribution in [-0.2, 0) is 13.0 Å². The fourth-order valence-electron chi connectivity index (χ4n) is 3.70. The van der Waals surface area contributed by atoms with Gasteiger partial charge in [-0.1, -0.05) is 87.5 Å². The van der Waals surface area contributed by atoms with E-state index >= 15 is 0 Å². The number of carbonyl (C=O) groups is 1. The van der Waals surface area contributed by atoms with Crippen molar-refractivity contribution in [1.82, 2.24) is 9.88 Å². The highest BCUT2D eigenvalue weighted by Crippen LogP contribution is 2.23. The third-order valence-corrected chi connectivity index (χ3v) is 5.06. The Labute approximate surface area is 183 Å². The van der Waals surface area contributed by atoms with E-state index in [0.29, 0.717) is 35.0 Å². The summed E-state index contributed by atoms with van der Waals surface area (Å²) in [5.41, 5.74) is 2.95. The molecule has 0 aliphatic carbocycles. The second-order valence-corrected chi connectivity index (χ2v) is 6.87. The molecule has 4 nitrogen and oxygen atoms in total. The first-order chi connectivity index (χ1) is 15.2. The number of nitrogens with zero attached hydrogens (tertiary/aromatic N) is 1. The van der Waals surface area contributed by atoms with Gasteiger partial charge in [0.1, 0.15) is 0 Å². The Bertz CT molecular complexity index is 1210. The number of hydrogen-bond acceptors (Lipinski definition) is 2. The molecule has 0 unspecified atom stereocenters. The Balaban J connectivity index is 0.00000132. The maximum atomic E-state index is 13.3. The van der Waals surface area contributed by atoms with Crippen molar-refractivity contribution in [3.8, 4) is 5.69 Å². The standard InChI is InChI=1S/C25H22N2O2.C2H6/c1-2-22-23(24(28)26-17-18-11-5-3-6-12-18)20-15-9-10-16-21(20)25(29)27(22)19-13-7-4-8-14-19;1-2/h3-16H,2,17H2,1H3,(H,26,28);1-2H3. The molecule has 1 amide bonds. The maximum Gasteiger partial charge on any atom is 0.263 e. The Kier molecular flexibility index (Phi) is 7.39. The average molecular weight is 413 g/mol. The third kappa shape index (κ3) is 4.58. The zero-order chi connectivity index (χ0) is 22.2. The highest BCUT2D eigenvalue weighted by atomic mass is 16.2. The molecule has 1 N–H and O–H groups in total. The summed E-state index contributed by atoms with van der Waals surface area (Å²) in [4.78, 5) is 26.6. The van der Waals surface area contributed by atoms with Gasteiger partial charge >= 0.3 is 0 Å². The van der Waals surface area contributed by atoms with E-state index in [9.17, 15) is 9.59 Å². The first kappa shape index (κ1) is 22.0. The monoisotopic (exact) mass is 412 g/mol. The molecule has 31 heavy (non-hydrogen) atoms. The smallest absolute Gasteiger partial charge is 0.263 e. The van der Waals surface area contributed by atoms with E-state index < -0.39 is 0 Å². The molecule has 0 saturated heterocycles. The number of aromatic nitrogens is 1. The number of fused-ring (bicyclic) bond motifs is 1. The molecule has 158 valence electrons. The Morgan fingerprint density at radius 3 is 1.97 bits per heavy atom. The van der Waals surface area contributed by atoms with Gasteiger partial charge in [0.25, 0.3) is 11.5 Å². The van der Waals surface area contributed by atoms with E-state index in [4.69, 9.17) is 0 Å². The minimum Gasteiger partial charge on any atom is -0.348 e. The van der Waals surface area contributed by atoms with Crippen LogP contribution in [0, 0.1) is 0 Å². The molecule has 0 atom stereocenters. The first-order valence-electron chi connectivity index (χ1n) is 10.7. The molecule has 0 saturated carbocycles. The first-order valence-corrected chi connectivity index (χ1v) is 10.7. The molecule has 0 bridgehead atoms. The lowest BCUT2D eigenvalue weighted by Crippen LogP contribution is -2.30. The average Bonchev–Trinajstić information content (AvgIpc) is 2.85. The molecule has 1 heterocycles. The van der Waals surface area contributed by atoms with Crippen LogP contribution in [0.1, 0.15) is 42.4 Å². The zero-order valence-electron chi connectivity index (χ0n) is 18.3. The topological polar surface area (TPSA) is 51.1 Å². The van der Waals surface area contributed by atoms with Crippen molar-refractivity contribution < 1.29 is 4.79 Å². The van der Waals surface area contributed by atoms with Crippen molar-refractivity contribution in [1.29, 1.82) is 0 Å². The molecule has 0 radical (unpaired) electrons. The lowest BCUT2D eigenvalue weighted by atomic mass is 10.0. The molecule has 4 aromatic rings. The van der Waals surface area contributed by atoms with Gasteiger partial charge < -0.3 is 5.32 Å². The van der Waals surface area contributed by atoms with Gasteiger partial charge in [-0.05, 0) is 30.2 Å². The summed E-state index contributed by atoms with van der Waals surface area (Å²) in [6.45, 7) is 6.40. The van der Waals surface area contributed by atoms with Crippen LogP contribution < -0.4 is 10.9 Å². The highest BCUT2D eigenvalue weighted by Gasteiger charge is 2.21. The van der Waals surface area contributed by atoms with Crippen LogP contribution in [-0.4, -0.2) is 10.5 Å². The number of benzene rings is 3. The number of rotatable bonds is 5. The van der Waals surface area contributed by atoms with Gasteiger partial charge in [-0.15, -0.1) is 0 Å². The molecule has 0 spiro atoms. The SMILES string of the molecule is CC.CCc1c(C(=O)NCc2ccccc2)c2ccccc2c(=O)n1-c1ccccc1. The van der Waals surface area contributed by atoms with E-state index in [1.54, 1.807) is 10.6 Å². The van der Waals surface area contributed by atoms with Gasteiger partial charge in [0.15, 0.2) is 0 Å². The molecule has 4 rings (SSSR count). The van der Waals surface area contributed by atoms with Gasteiger partial charge in [-0.3, -0.25) is 14.2 Å². The summed E-state index contributed by atoms with van der Waals surface area (Å²) in [5.74, 6) is -0.174. The molecule has 0 aliphatic rings. The molecular weight excluding hydrogens is 384 g/mol. The van der Waals surface area contributed by atoms with Gasteiger partial charge in [-0.2, -0.15) is 0 Å². The van der Waals surface area contributed by atoms with Gasteiger partial charge in [0, 0.05) is 28.7 Å². The summed E-state index contributed by atoms with van der Waals surface area (Å²) >= 11 is 0. The van der Waals surface area contributed by atoms with Crippen molar-refractivity contribution in [2.24, 2.45) is 0 Å². The number of carbonyl (C=O) groups excluding carboxylic acids is 1. The van der Waals surface area contributed by atoms with Crippen molar-refractivity contribution in [2.45, 2.75) is 33.7 Å².